The number of nitrogens with one attached hydrogen (secondary N) is 1. The topological polar surface area (TPSA) is 58.4 Å². The highest BCUT2D eigenvalue weighted by Gasteiger charge is 2.27. The number of nitrogens with zero attached hydrogens (tertiary/aromatic N) is 1. The summed E-state index contributed by atoms with van der Waals surface area (Å²) in [4.78, 5) is 14.1. The molecular weight excluding hydrogens is 214 g/mol. The van der Waals surface area contributed by atoms with Gasteiger partial charge in [0.25, 0.3) is 5.91 Å². The summed E-state index contributed by atoms with van der Waals surface area (Å²) in [5.74, 6) is 5.23. The van der Waals surface area contributed by atoms with E-state index in [-0.39, 0.29) is 11.9 Å². The Balaban J connectivity index is 4.72. The van der Waals surface area contributed by atoms with Crippen LogP contribution in [0.4, 0.5) is 0 Å². The fourth-order valence-electron chi connectivity index (χ4n) is 2.08. The Morgan fingerprint density at radius 1 is 1.29 bits per heavy atom. The molecule has 17 heavy (non-hydrogen) atoms. The van der Waals surface area contributed by atoms with Crippen molar-refractivity contribution in [1.29, 1.82) is 0 Å². The van der Waals surface area contributed by atoms with Crippen LogP contribution >= 0.6 is 0 Å². The number of amides is 1. The Bertz CT molecular complexity index is 209. The molecule has 0 aliphatic heterocycles. The van der Waals surface area contributed by atoms with Crippen molar-refractivity contribution in [3.63, 3.8) is 0 Å². The van der Waals surface area contributed by atoms with Crippen molar-refractivity contribution >= 4 is 5.91 Å². The normalized spacial score (nSPS) is 14.7. The molecule has 0 aliphatic carbocycles. The molecule has 102 valence electrons. The van der Waals surface area contributed by atoms with Gasteiger partial charge in [-0.05, 0) is 32.7 Å². The highest BCUT2D eigenvalue weighted by Crippen LogP contribution is 2.15. The number of hydrogen-bond acceptors (Lipinski definition) is 3. The molecule has 0 bridgehead atoms. The molecule has 0 fully saturated rings. The van der Waals surface area contributed by atoms with Crippen molar-refractivity contribution in [1.82, 2.24) is 10.3 Å². The van der Waals surface area contributed by atoms with Crippen LogP contribution < -0.4 is 11.3 Å². The summed E-state index contributed by atoms with van der Waals surface area (Å²) in [6, 6.07) is 0.349. The van der Waals surface area contributed by atoms with E-state index in [9.17, 15) is 4.79 Å². The van der Waals surface area contributed by atoms with E-state index in [0.717, 1.165) is 38.6 Å². The maximum absolute atomic E-state index is 11.8. The van der Waals surface area contributed by atoms with E-state index in [1.165, 1.54) is 0 Å². The van der Waals surface area contributed by atoms with E-state index >= 15 is 0 Å². The zero-order valence-electron chi connectivity index (χ0n) is 11.8. The van der Waals surface area contributed by atoms with Crippen molar-refractivity contribution in [3.05, 3.63) is 0 Å². The lowest BCUT2D eigenvalue weighted by Gasteiger charge is -2.35. The van der Waals surface area contributed by atoms with Gasteiger partial charge in [0.2, 0.25) is 0 Å². The third kappa shape index (κ3) is 5.50. The third-order valence-electron chi connectivity index (χ3n) is 3.33. The fourth-order valence-corrected chi connectivity index (χ4v) is 2.08. The lowest BCUT2D eigenvalue weighted by atomic mass is 10.0. The lowest BCUT2D eigenvalue weighted by molar-refractivity contribution is -0.127. The Morgan fingerprint density at radius 2 is 1.94 bits per heavy atom. The molecule has 0 radical (unpaired) electrons. The minimum atomic E-state index is -0.0773. The molecule has 4 nitrogen and oxygen atoms in total. The van der Waals surface area contributed by atoms with Gasteiger partial charge < -0.3 is 0 Å². The molecule has 1 amide bonds. The van der Waals surface area contributed by atoms with Crippen molar-refractivity contribution in [2.75, 3.05) is 6.54 Å². The average molecular weight is 243 g/mol. The molecule has 0 saturated heterocycles. The van der Waals surface area contributed by atoms with Gasteiger partial charge in [0.05, 0.1) is 6.04 Å². The molecule has 3 N–H and O–H groups in total. The highest BCUT2D eigenvalue weighted by atomic mass is 16.2. The smallest absolute Gasteiger partial charge is 0.251 e. The SMILES string of the molecule is CCCCN(C(C)CC)C(CCC)C(=O)NN. The number of carbonyl (C=O) groups is 1. The van der Waals surface area contributed by atoms with Gasteiger partial charge in [0.1, 0.15) is 0 Å². The molecule has 2 unspecified atom stereocenters. The Labute approximate surface area is 106 Å². The Morgan fingerprint density at radius 3 is 2.35 bits per heavy atom. The number of unbranched alkanes of at least 4 members (excludes halogenated alkanes) is 1. The average Bonchev–Trinajstić information content (AvgIpc) is 2.36. The summed E-state index contributed by atoms with van der Waals surface area (Å²) in [6.45, 7) is 9.59. The van der Waals surface area contributed by atoms with Crippen LogP contribution in [0.3, 0.4) is 0 Å². The van der Waals surface area contributed by atoms with Gasteiger partial charge in [-0.15, -0.1) is 0 Å². The fraction of sp³-hybridized carbons (Fsp3) is 0.923. The van der Waals surface area contributed by atoms with Gasteiger partial charge >= 0.3 is 0 Å². The quantitative estimate of drug-likeness (QED) is 0.370. The monoisotopic (exact) mass is 243 g/mol. The summed E-state index contributed by atoms with van der Waals surface area (Å²) in [5.41, 5.74) is 2.31. The summed E-state index contributed by atoms with van der Waals surface area (Å²) >= 11 is 0. The van der Waals surface area contributed by atoms with Crippen LogP contribution in [0.2, 0.25) is 0 Å². The summed E-state index contributed by atoms with van der Waals surface area (Å²) in [6.07, 6.45) is 5.20. The largest absolute Gasteiger partial charge is 0.293 e. The van der Waals surface area contributed by atoms with E-state index < -0.39 is 0 Å². The van der Waals surface area contributed by atoms with E-state index in [0.29, 0.717) is 6.04 Å². The van der Waals surface area contributed by atoms with E-state index in [2.05, 4.69) is 38.0 Å². The van der Waals surface area contributed by atoms with Crippen LogP contribution in [0.25, 0.3) is 0 Å². The first-order valence-corrected chi connectivity index (χ1v) is 6.88. The minimum absolute atomic E-state index is 0.0525. The van der Waals surface area contributed by atoms with Crippen molar-refractivity contribution < 1.29 is 4.79 Å². The van der Waals surface area contributed by atoms with Gasteiger partial charge in [-0.25, -0.2) is 5.84 Å². The van der Waals surface area contributed by atoms with Gasteiger partial charge in [-0.2, -0.15) is 0 Å². The van der Waals surface area contributed by atoms with Crippen LogP contribution in [-0.2, 0) is 4.79 Å². The number of hydrogen-bond donors (Lipinski definition) is 2. The first kappa shape index (κ1) is 16.4. The Hall–Kier alpha value is -0.610. The lowest BCUT2D eigenvalue weighted by Crippen LogP contribution is -2.52. The molecule has 0 aromatic carbocycles. The van der Waals surface area contributed by atoms with Gasteiger partial charge in [0, 0.05) is 6.04 Å². The molecule has 0 aromatic heterocycles. The van der Waals surface area contributed by atoms with Crippen LogP contribution in [-0.4, -0.2) is 29.4 Å². The van der Waals surface area contributed by atoms with Gasteiger partial charge in [0.15, 0.2) is 0 Å². The standard InChI is InChI=1S/C13H29N3O/c1-5-8-10-16(11(4)7-3)12(9-6-2)13(17)15-14/h11-12H,5-10,14H2,1-4H3,(H,15,17). The molecule has 4 heteroatoms. The van der Waals surface area contributed by atoms with Crippen LogP contribution in [0.15, 0.2) is 0 Å². The second kappa shape index (κ2) is 9.42. The Kier molecular flexibility index (Phi) is 9.09. The first-order chi connectivity index (χ1) is 8.12. The number of hydrazine groups is 1. The third-order valence-corrected chi connectivity index (χ3v) is 3.33. The molecule has 0 spiro atoms. The maximum Gasteiger partial charge on any atom is 0.251 e. The van der Waals surface area contributed by atoms with Crippen LogP contribution in [0, 0.1) is 0 Å². The van der Waals surface area contributed by atoms with E-state index in [1.807, 2.05) is 0 Å². The van der Waals surface area contributed by atoms with Gasteiger partial charge in [-0.1, -0.05) is 33.6 Å². The maximum atomic E-state index is 11.8. The number of rotatable bonds is 9. The second-order valence-corrected chi connectivity index (χ2v) is 4.66. The summed E-state index contributed by atoms with van der Waals surface area (Å²) in [7, 11) is 0. The molecule has 0 heterocycles. The highest BCUT2D eigenvalue weighted by molar-refractivity contribution is 5.81. The predicted octanol–water partition coefficient (Wildman–Crippen LogP) is 2.05. The minimum Gasteiger partial charge on any atom is -0.293 e. The van der Waals surface area contributed by atoms with Gasteiger partial charge in [-0.3, -0.25) is 15.1 Å². The van der Waals surface area contributed by atoms with E-state index in [1.54, 1.807) is 0 Å². The molecule has 0 aliphatic rings. The van der Waals surface area contributed by atoms with E-state index in [4.69, 9.17) is 5.84 Å². The predicted molar refractivity (Wildman–Crippen MR) is 72.4 cm³/mol. The first-order valence-electron chi connectivity index (χ1n) is 6.88. The molecular formula is C13H29N3O. The van der Waals surface area contributed by atoms with Crippen molar-refractivity contribution in [2.24, 2.45) is 5.84 Å². The van der Waals surface area contributed by atoms with Crippen LogP contribution in [0.1, 0.15) is 59.8 Å². The summed E-state index contributed by atoms with van der Waals surface area (Å²) in [5, 5.41) is 0. The number of carbonyl (C=O) groups excluding carboxylic acids is 1. The molecule has 0 aromatic rings. The van der Waals surface area contributed by atoms with Crippen molar-refractivity contribution in [3.8, 4) is 0 Å². The molecule has 0 saturated carbocycles. The van der Waals surface area contributed by atoms with Crippen molar-refractivity contribution in [2.45, 2.75) is 71.9 Å². The summed E-state index contributed by atoms with van der Waals surface area (Å²) < 4.78 is 0. The number of nitrogens with two attached hydrogens (primary N) is 1. The van der Waals surface area contributed by atoms with Crippen LogP contribution in [0.5, 0.6) is 0 Å². The zero-order valence-corrected chi connectivity index (χ0v) is 11.8. The molecule has 0 rings (SSSR count). The zero-order chi connectivity index (χ0) is 13.3. The second-order valence-electron chi connectivity index (χ2n) is 4.66. The molecule has 2 atom stereocenters.